The molecule has 2 unspecified atom stereocenters. The molecule has 0 aromatic rings. The van der Waals surface area contributed by atoms with E-state index < -0.39 is 12.2 Å². The van der Waals surface area contributed by atoms with E-state index in [2.05, 4.69) is 65.5 Å². The van der Waals surface area contributed by atoms with Crippen LogP contribution in [-0.4, -0.2) is 22.4 Å². The lowest BCUT2D eigenvalue weighted by atomic mass is 9.61. The number of fused-ring (bicyclic) bond motifs is 1. The molecule has 0 aliphatic heterocycles. The van der Waals surface area contributed by atoms with E-state index in [1.165, 1.54) is 32.1 Å². The second-order valence-electron chi connectivity index (χ2n) is 11.0. The molecule has 0 bridgehead atoms. The highest BCUT2D eigenvalue weighted by atomic mass is 16.3. The van der Waals surface area contributed by atoms with Gasteiger partial charge in [-0.15, -0.1) is 0 Å². The molecule has 0 radical (unpaired) electrons. The maximum Gasteiger partial charge on any atom is 0.0811 e. The number of aliphatic hydroxyl groups excluding tert-OH is 2. The Hall–Kier alpha value is -1.12. The molecule has 3 rings (SSSR count). The highest BCUT2D eigenvalue weighted by Crippen LogP contribution is 2.59. The Kier molecular flexibility index (Phi) is 7.51. The summed E-state index contributed by atoms with van der Waals surface area (Å²) in [6.45, 7) is 16.0. The van der Waals surface area contributed by atoms with E-state index in [4.69, 9.17) is 0 Å². The van der Waals surface area contributed by atoms with Gasteiger partial charge >= 0.3 is 0 Å². The van der Waals surface area contributed by atoms with E-state index in [9.17, 15) is 10.2 Å². The minimum Gasteiger partial charge on any atom is -0.393 e. The summed E-state index contributed by atoms with van der Waals surface area (Å²) in [6.07, 6.45) is 15.8. The van der Waals surface area contributed by atoms with Crippen molar-refractivity contribution in [2.75, 3.05) is 0 Å². The quantitative estimate of drug-likeness (QED) is 0.499. The Morgan fingerprint density at radius 1 is 1.07 bits per heavy atom. The fraction of sp³-hybridized carbons (Fsp3) is 0.714. The van der Waals surface area contributed by atoms with Gasteiger partial charge in [-0.25, -0.2) is 0 Å². The van der Waals surface area contributed by atoms with Gasteiger partial charge in [0.1, 0.15) is 0 Å². The van der Waals surface area contributed by atoms with Crippen LogP contribution in [0.4, 0.5) is 0 Å². The van der Waals surface area contributed by atoms with Crippen LogP contribution in [0.3, 0.4) is 0 Å². The second-order valence-corrected chi connectivity index (χ2v) is 11.0. The molecule has 3 aliphatic carbocycles. The summed E-state index contributed by atoms with van der Waals surface area (Å²) in [5.74, 6) is 3.38. The van der Waals surface area contributed by atoms with E-state index >= 15 is 0 Å². The predicted octanol–water partition coefficient (Wildman–Crippen LogP) is 6.61. The zero-order chi connectivity index (χ0) is 22.1. The lowest BCUT2D eigenvalue weighted by molar-refractivity contribution is 0.0862. The fourth-order valence-corrected chi connectivity index (χ4v) is 6.32. The third-order valence-corrected chi connectivity index (χ3v) is 8.71. The van der Waals surface area contributed by atoms with Gasteiger partial charge in [0.15, 0.2) is 0 Å². The number of allylic oxidation sites excluding steroid dienone is 5. The molecule has 0 aromatic carbocycles. The Bertz CT molecular complexity index is 712. The zero-order valence-electron chi connectivity index (χ0n) is 19.9. The van der Waals surface area contributed by atoms with Crippen molar-refractivity contribution in [2.24, 2.45) is 35.0 Å². The molecule has 2 nitrogen and oxygen atoms in total. The first kappa shape index (κ1) is 23.5. The average molecular weight is 413 g/mol. The Morgan fingerprint density at radius 3 is 2.50 bits per heavy atom. The van der Waals surface area contributed by atoms with Gasteiger partial charge in [0.25, 0.3) is 0 Å². The van der Waals surface area contributed by atoms with Crippen molar-refractivity contribution >= 4 is 0 Å². The van der Waals surface area contributed by atoms with Crippen LogP contribution in [0, 0.1) is 35.0 Å². The molecule has 168 valence electrons. The van der Waals surface area contributed by atoms with Gasteiger partial charge in [0, 0.05) is 6.42 Å². The molecular formula is C28H44O2. The van der Waals surface area contributed by atoms with Gasteiger partial charge in [0.05, 0.1) is 12.2 Å². The Morgan fingerprint density at radius 2 is 1.80 bits per heavy atom. The lowest BCUT2D eigenvalue weighted by Crippen LogP contribution is -2.35. The maximum atomic E-state index is 10.1. The molecule has 2 N–H and O–H groups in total. The summed E-state index contributed by atoms with van der Waals surface area (Å²) in [4.78, 5) is 0. The standard InChI is InChI=1S/C28H44O2/c1-18(2)19(3)9-10-20(4)25-13-14-26-22(8-7-15-28(25,26)6)11-12-23-16-24(29)17-27(30)21(23)5/h9-12,18-20,24-27,29-30H,5,7-8,13-17H2,1-4,6H3/b10-9+,22-11+,23-12-/t19-,20-,24-,25?,26?,27+,28-/m1/s1. The number of hydrogen-bond donors (Lipinski definition) is 2. The highest BCUT2D eigenvalue weighted by molar-refractivity contribution is 5.38. The minimum absolute atomic E-state index is 0.385. The summed E-state index contributed by atoms with van der Waals surface area (Å²) in [6, 6.07) is 0. The molecule has 3 fully saturated rings. The largest absolute Gasteiger partial charge is 0.393 e. The lowest BCUT2D eigenvalue weighted by Gasteiger charge is -2.44. The van der Waals surface area contributed by atoms with Crippen LogP contribution in [0.5, 0.6) is 0 Å². The molecule has 7 atom stereocenters. The monoisotopic (exact) mass is 412 g/mol. The van der Waals surface area contributed by atoms with Gasteiger partial charge in [-0.1, -0.05) is 71.1 Å². The summed E-state index contributed by atoms with van der Waals surface area (Å²) in [7, 11) is 0. The van der Waals surface area contributed by atoms with Crippen LogP contribution in [-0.2, 0) is 0 Å². The summed E-state index contributed by atoms with van der Waals surface area (Å²) >= 11 is 0. The van der Waals surface area contributed by atoms with Crippen molar-refractivity contribution in [1.82, 2.24) is 0 Å². The number of aliphatic hydroxyl groups is 2. The average Bonchev–Trinajstić information content (AvgIpc) is 3.04. The third kappa shape index (κ3) is 4.86. The van der Waals surface area contributed by atoms with Gasteiger partial charge < -0.3 is 10.2 Å². The molecule has 0 heterocycles. The SMILES string of the molecule is C=C1/C(=C\C=C2/CCC[C@@]3(C)C2CCC3[C@H](C)/C=C/[C@@H](C)C(C)C)C[C@@H](O)C[C@@H]1O. The molecule has 3 aliphatic rings. The van der Waals surface area contributed by atoms with Crippen molar-refractivity contribution in [3.8, 4) is 0 Å². The molecule has 0 aromatic heterocycles. The molecule has 2 heteroatoms. The van der Waals surface area contributed by atoms with Crippen molar-refractivity contribution in [3.05, 3.63) is 47.6 Å². The van der Waals surface area contributed by atoms with Crippen LogP contribution in [0.25, 0.3) is 0 Å². The van der Waals surface area contributed by atoms with Crippen molar-refractivity contribution in [2.45, 2.75) is 91.8 Å². The van der Waals surface area contributed by atoms with Crippen LogP contribution in [0.15, 0.2) is 47.6 Å². The van der Waals surface area contributed by atoms with Crippen LogP contribution >= 0.6 is 0 Å². The first-order valence-electron chi connectivity index (χ1n) is 12.3. The molecule has 30 heavy (non-hydrogen) atoms. The first-order valence-corrected chi connectivity index (χ1v) is 12.3. The molecule has 0 saturated heterocycles. The van der Waals surface area contributed by atoms with Gasteiger partial charge in [-0.05, 0) is 84.7 Å². The van der Waals surface area contributed by atoms with E-state index in [1.54, 1.807) is 5.57 Å². The maximum absolute atomic E-state index is 10.1. The number of hydrogen-bond acceptors (Lipinski definition) is 2. The molecule has 0 spiro atoms. The van der Waals surface area contributed by atoms with Crippen LogP contribution in [0.2, 0.25) is 0 Å². The second kappa shape index (κ2) is 9.57. The molecule has 0 amide bonds. The van der Waals surface area contributed by atoms with Gasteiger partial charge in [-0.3, -0.25) is 0 Å². The molecule has 3 saturated carbocycles. The van der Waals surface area contributed by atoms with Crippen molar-refractivity contribution in [3.63, 3.8) is 0 Å². The number of rotatable bonds is 5. The van der Waals surface area contributed by atoms with Crippen molar-refractivity contribution in [1.29, 1.82) is 0 Å². The zero-order valence-corrected chi connectivity index (χ0v) is 19.9. The fourth-order valence-electron chi connectivity index (χ4n) is 6.32. The summed E-state index contributed by atoms with van der Waals surface area (Å²) < 4.78 is 0. The molecular weight excluding hydrogens is 368 g/mol. The Labute approximate surface area is 184 Å². The Balaban J connectivity index is 1.76. The normalized spacial score (nSPS) is 39.8. The van der Waals surface area contributed by atoms with E-state index in [1.807, 2.05) is 0 Å². The van der Waals surface area contributed by atoms with E-state index in [-0.39, 0.29) is 0 Å². The minimum atomic E-state index is -0.605. The smallest absolute Gasteiger partial charge is 0.0811 e. The topological polar surface area (TPSA) is 40.5 Å². The predicted molar refractivity (Wildman–Crippen MR) is 127 cm³/mol. The van der Waals surface area contributed by atoms with Gasteiger partial charge in [0.2, 0.25) is 0 Å². The summed E-state index contributed by atoms with van der Waals surface area (Å²) in [5, 5.41) is 20.2. The van der Waals surface area contributed by atoms with Crippen molar-refractivity contribution < 1.29 is 10.2 Å². The third-order valence-electron chi connectivity index (χ3n) is 8.71. The van der Waals surface area contributed by atoms with E-state index in [0.29, 0.717) is 41.9 Å². The van der Waals surface area contributed by atoms with E-state index in [0.717, 1.165) is 17.1 Å². The summed E-state index contributed by atoms with van der Waals surface area (Å²) in [5.41, 5.74) is 3.77. The first-order chi connectivity index (χ1) is 14.1. The van der Waals surface area contributed by atoms with Crippen LogP contribution < -0.4 is 0 Å². The highest BCUT2D eigenvalue weighted by Gasteiger charge is 2.50. The van der Waals surface area contributed by atoms with Gasteiger partial charge in [-0.2, -0.15) is 0 Å². The van der Waals surface area contributed by atoms with Crippen LogP contribution in [0.1, 0.15) is 79.6 Å².